The summed E-state index contributed by atoms with van der Waals surface area (Å²) >= 11 is 0. The highest BCUT2D eigenvalue weighted by molar-refractivity contribution is 5.69. The minimum absolute atomic E-state index is 0.833. The van der Waals surface area contributed by atoms with Crippen molar-refractivity contribution in [2.45, 2.75) is 0 Å². The number of hydrogen-bond donors (Lipinski definition) is 2. The molecule has 0 radical (unpaired) electrons. The summed E-state index contributed by atoms with van der Waals surface area (Å²) in [6.45, 7) is 8.00. The summed E-state index contributed by atoms with van der Waals surface area (Å²) in [6, 6.07) is -0.833. The Bertz CT molecular complexity index is 50.0. The molecule has 0 saturated carbocycles. The molecule has 0 aliphatic rings. The minimum atomic E-state index is -0.833. The average Bonchev–Trinajstić information content (AvgIpc) is 1.75. The van der Waals surface area contributed by atoms with Crippen molar-refractivity contribution in [1.82, 2.24) is 0 Å². The molecule has 0 unspecified atom stereocenters. The van der Waals surface area contributed by atoms with E-state index in [2.05, 4.69) is 24.6 Å². The van der Waals surface area contributed by atoms with Crippen molar-refractivity contribution in [3.05, 3.63) is 13.2 Å². The third kappa shape index (κ3) is 36.4. The fourth-order valence-electron chi connectivity index (χ4n) is 0. The van der Waals surface area contributed by atoms with Crippen molar-refractivity contribution in [3.8, 4) is 0 Å². The highest BCUT2D eigenvalue weighted by Crippen LogP contribution is 1.25. The van der Waals surface area contributed by atoms with E-state index in [-0.39, 0.29) is 0 Å². The summed E-state index contributed by atoms with van der Waals surface area (Å²) in [7, 11) is 0. The van der Waals surface area contributed by atoms with Crippen LogP contribution in [0.1, 0.15) is 0 Å². The molecule has 0 aliphatic heterocycles. The van der Waals surface area contributed by atoms with Gasteiger partial charge in [0.05, 0.1) is 0 Å². The summed E-state index contributed by atoms with van der Waals surface area (Å²) in [5.74, 6) is 0. The fourth-order valence-corrected chi connectivity index (χ4v) is 0. The van der Waals surface area contributed by atoms with Crippen molar-refractivity contribution in [3.63, 3.8) is 0 Å². The first-order valence-corrected chi connectivity index (χ1v) is 1.57. The Kier molecular flexibility index (Phi) is 87.7. The Hall–Kier alpha value is -1.32. The van der Waals surface area contributed by atoms with Gasteiger partial charge in [0.25, 0.3) is 0 Å². The smallest absolute Gasteiger partial charge is 0.309 e. The molecule has 0 saturated heterocycles. The van der Waals surface area contributed by atoms with Crippen LogP contribution in [0.25, 0.3) is 0 Å². The van der Waals surface area contributed by atoms with Crippen LogP contribution < -0.4 is 11.5 Å². The van der Waals surface area contributed by atoms with Gasteiger partial charge in [-0.25, -0.2) is 4.79 Å². The maximum Gasteiger partial charge on any atom is 0.309 e. The lowest BCUT2D eigenvalue weighted by Gasteiger charge is -1.62. The topological polar surface area (TPSA) is 86.2 Å². The fraction of sp³-hybridized carbons (Fsp3) is 0. The molecule has 4 nitrogen and oxygen atoms in total. The molecular formula is C4H10N2O2. The predicted molar refractivity (Wildman–Crippen MR) is 32.1 cm³/mol. The lowest BCUT2D eigenvalue weighted by atomic mass is 11.2. The van der Waals surface area contributed by atoms with Gasteiger partial charge >= 0.3 is 6.03 Å². The van der Waals surface area contributed by atoms with E-state index in [1.165, 1.54) is 0 Å². The minimum Gasteiger partial charge on any atom is -0.352 e. The third-order valence-corrected chi connectivity index (χ3v) is 0. The Balaban J connectivity index is -0.0000000542. The molecule has 4 heteroatoms. The summed E-state index contributed by atoms with van der Waals surface area (Å²) in [5.41, 5.74) is 8.50. The van der Waals surface area contributed by atoms with Crippen LogP contribution in [-0.4, -0.2) is 12.8 Å². The molecule has 0 spiro atoms. The zero-order valence-electron chi connectivity index (χ0n) is 4.59. The molecule has 0 aliphatic carbocycles. The third-order valence-electron chi connectivity index (χ3n) is 0. The Labute approximate surface area is 48.2 Å². The van der Waals surface area contributed by atoms with E-state index in [1.54, 1.807) is 0 Å². The quantitative estimate of drug-likeness (QED) is 0.425. The molecule has 2 amide bonds. The van der Waals surface area contributed by atoms with Gasteiger partial charge in [-0.1, -0.05) is 0 Å². The molecule has 0 fully saturated rings. The van der Waals surface area contributed by atoms with Crippen LogP contribution in [0.2, 0.25) is 0 Å². The Morgan fingerprint density at radius 3 is 1.12 bits per heavy atom. The maximum atomic E-state index is 9.00. The molecule has 0 atom stereocenters. The normalized spacial score (nSPS) is 4.00. The largest absolute Gasteiger partial charge is 0.352 e. The van der Waals surface area contributed by atoms with E-state index >= 15 is 0 Å². The van der Waals surface area contributed by atoms with E-state index in [9.17, 15) is 0 Å². The van der Waals surface area contributed by atoms with Crippen molar-refractivity contribution in [1.29, 1.82) is 0 Å². The van der Waals surface area contributed by atoms with Crippen LogP contribution in [0, 0.1) is 0 Å². The van der Waals surface area contributed by atoms with E-state index < -0.39 is 6.03 Å². The van der Waals surface area contributed by atoms with Gasteiger partial charge in [0, 0.05) is 0 Å². The number of urea groups is 1. The van der Waals surface area contributed by atoms with Crippen molar-refractivity contribution < 1.29 is 9.59 Å². The van der Waals surface area contributed by atoms with E-state index in [4.69, 9.17) is 9.59 Å². The molecule has 0 bridgehead atoms. The van der Waals surface area contributed by atoms with Crippen LogP contribution >= 0.6 is 0 Å². The standard InChI is InChI=1S/C2H4.CH4N2O.CH2O/c1-2;2-1(3)4;1-2/h1-2H2;(H4,2,3,4);1H2. The second kappa shape index (κ2) is 44.1. The number of carbonyl (C=O) groups excluding carboxylic acids is 2. The van der Waals surface area contributed by atoms with Crippen LogP contribution in [-0.2, 0) is 4.79 Å². The van der Waals surface area contributed by atoms with Crippen LogP contribution in [0.4, 0.5) is 4.79 Å². The van der Waals surface area contributed by atoms with Gasteiger partial charge in [-0.15, -0.1) is 13.2 Å². The number of primary amides is 2. The van der Waals surface area contributed by atoms with Crippen molar-refractivity contribution in [2.75, 3.05) is 0 Å². The first-order valence-electron chi connectivity index (χ1n) is 1.57. The molecule has 8 heavy (non-hydrogen) atoms. The number of carbonyl (C=O) groups is 2. The molecule has 48 valence electrons. The molecule has 4 N–H and O–H groups in total. The SMILES string of the molecule is C=C.C=O.NC(N)=O. The zero-order valence-corrected chi connectivity index (χ0v) is 4.59. The van der Waals surface area contributed by atoms with Gasteiger partial charge in [0.15, 0.2) is 0 Å². The van der Waals surface area contributed by atoms with Crippen molar-refractivity contribution >= 4 is 12.8 Å². The van der Waals surface area contributed by atoms with Gasteiger partial charge in [0.2, 0.25) is 0 Å². The zero-order chi connectivity index (χ0) is 7.58. The van der Waals surface area contributed by atoms with Crippen LogP contribution in [0.5, 0.6) is 0 Å². The molecular weight excluding hydrogens is 108 g/mol. The summed E-state index contributed by atoms with van der Waals surface area (Å²) in [5, 5.41) is 0. The molecule has 0 heterocycles. The lowest BCUT2D eigenvalue weighted by molar-refractivity contribution is -0.0979. The van der Waals surface area contributed by atoms with E-state index in [0.717, 1.165) is 0 Å². The molecule has 0 rings (SSSR count). The Morgan fingerprint density at radius 2 is 1.12 bits per heavy atom. The predicted octanol–water partition coefficient (Wildman–Crippen LogP) is -0.359. The molecule has 0 aromatic rings. The molecule has 0 aromatic heterocycles. The monoisotopic (exact) mass is 118 g/mol. The summed E-state index contributed by atoms with van der Waals surface area (Å²) < 4.78 is 0. The first-order chi connectivity index (χ1) is 3.73. The van der Waals surface area contributed by atoms with Gasteiger partial charge < -0.3 is 16.3 Å². The number of amides is 2. The summed E-state index contributed by atoms with van der Waals surface area (Å²) in [6.07, 6.45) is 0. The van der Waals surface area contributed by atoms with Gasteiger partial charge in [-0.2, -0.15) is 0 Å². The van der Waals surface area contributed by atoms with Crippen LogP contribution in [0.15, 0.2) is 13.2 Å². The van der Waals surface area contributed by atoms with Gasteiger partial charge in [-0.05, 0) is 0 Å². The second-order valence-corrected chi connectivity index (χ2v) is 0.402. The van der Waals surface area contributed by atoms with Crippen LogP contribution in [0.3, 0.4) is 0 Å². The Morgan fingerprint density at radius 1 is 1.12 bits per heavy atom. The van der Waals surface area contributed by atoms with E-state index in [1.807, 2.05) is 6.79 Å². The maximum absolute atomic E-state index is 9.00. The highest BCUT2D eigenvalue weighted by atomic mass is 16.2. The highest BCUT2D eigenvalue weighted by Gasteiger charge is 1.60. The van der Waals surface area contributed by atoms with Crippen molar-refractivity contribution in [2.24, 2.45) is 11.5 Å². The second-order valence-electron chi connectivity index (χ2n) is 0.402. The number of rotatable bonds is 0. The van der Waals surface area contributed by atoms with Gasteiger partial charge in [0.1, 0.15) is 6.79 Å². The summed E-state index contributed by atoms with van der Waals surface area (Å²) in [4.78, 5) is 17.0. The molecule has 0 aromatic carbocycles. The van der Waals surface area contributed by atoms with E-state index in [0.29, 0.717) is 0 Å². The van der Waals surface area contributed by atoms with Gasteiger partial charge in [-0.3, -0.25) is 0 Å². The first kappa shape index (κ1) is 15.9. The average molecular weight is 118 g/mol. The lowest BCUT2D eigenvalue weighted by Crippen LogP contribution is -2.18. The number of hydrogen-bond acceptors (Lipinski definition) is 2. The number of nitrogens with two attached hydrogens (primary N) is 2.